The van der Waals surface area contributed by atoms with Gasteiger partial charge >= 0.3 is 0 Å². The van der Waals surface area contributed by atoms with Crippen molar-refractivity contribution in [3.63, 3.8) is 0 Å². The summed E-state index contributed by atoms with van der Waals surface area (Å²) in [6.45, 7) is 2.01. The number of H-pyrrole nitrogens is 1. The van der Waals surface area contributed by atoms with Crippen LogP contribution in [0.4, 0.5) is 0 Å². The Bertz CT molecular complexity index is 1050. The second-order valence-corrected chi connectivity index (χ2v) is 5.53. The van der Waals surface area contributed by atoms with Crippen molar-refractivity contribution >= 4 is 10.9 Å². The van der Waals surface area contributed by atoms with E-state index in [4.69, 9.17) is 4.98 Å². The SMILES string of the molecule is CCc1nc2cccc(-c3ccn[nH]3)c2c(=O)n1-c1ccccc1. The van der Waals surface area contributed by atoms with E-state index in [0.29, 0.717) is 17.3 Å². The van der Waals surface area contributed by atoms with E-state index in [9.17, 15) is 4.79 Å². The maximum absolute atomic E-state index is 13.3. The first-order valence-electron chi connectivity index (χ1n) is 7.89. The van der Waals surface area contributed by atoms with E-state index in [1.807, 2.05) is 61.5 Å². The molecule has 0 saturated carbocycles. The Balaban J connectivity index is 2.12. The van der Waals surface area contributed by atoms with Crippen molar-refractivity contribution in [2.45, 2.75) is 13.3 Å². The predicted molar refractivity (Wildman–Crippen MR) is 94.3 cm³/mol. The van der Waals surface area contributed by atoms with Crippen LogP contribution < -0.4 is 5.56 Å². The van der Waals surface area contributed by atoms with E-state index in [2.05, 4.69) is 10.2 Å². The molecule has 2 aromatic heterocycles. The van der Waals surface area contributed by atoms with Crippen molar-refractivity contribution < 1.29 is 0 Å². The fourth-order valence-corrected chi connectivity index (χ4v) is 2.99. The van der Waals surface area contributed by atoms with Gasteiger partial charge in [-0.2, -0.15) is 5.10 Å². The second-order valence-electron chi connectivity index (χ2n) is 5.53. The minimum atomic E-state index is -0.0618. The van der Waals surface area contributed by atoms with E-state index in [0.717, 1.165) is 22.8 Å². The molecule has 0 unspecified atom stereocenters. The van der Waals surface area contributed by atoms with Crippen molar-refractivity contribution in [3.8, 4) is 16.9 Å². The van der Waals surface area contributed by atoms with Crippen molar-refractivity contribution in [3.05, 3.63) is 77.0 Å². The molecule has 2 aromatic carbocycles. The molecule has 0 spiro atoms. The van der Waals surface area contributed by atoms with Gasteiger partial charge in [-0.25, -0.2) is 4.98 Å². The summed E-state index contributed by atoms with van der Waals surface area (Å²) < 4.78 is 1.70. The molecule has 1 N–H and O–H groups in total. The molecular formula is C19H16N4O. The van der Waals surface area contributed by atoms with Gasteiger partial charge in [0, 0.05) is 18.2 Å². The number of hydrogen-bond donors (Lipinski definition) is 1. The third-order valence-electron chi connectivity index (χ3n) is 4.09. The summed E-state index contributed by atoms with van der Waals surface area (Å²) in [5.74, 6) is 0.750. The van der Waals surface area contributed by atoms with E-state index in [-0.39, 0.29) is 5.56 Å². The fraction of sp³-hybridized carbons (Fsp3) is 0.105. The number of hydrogen-bond acceptors (Lipinski definition) is 3. The Kier molecular flexibility index (Phi) is 3.46. The van der Waals surface area contributed by atoms with E-state index >= 15 is 0 Å². The molecule has 0 aliphatic rings. The molecule has 5 nitrogen and oxygen atoms in total. The van der Waals surface area contributed by atoms with Gasteiger partial charge in [-0.1, -0.05) is 37.3 Å². The first-order chi connectivity index (χ1) is 11.8. The number of rotatable bonds is 3. The standard InChI is InChI=1S/C19H16N4O/c1-2-17-21-16-10-6-9-14(15-11-12-20-22-15)18(16)19(24)23(17)13-7-4-3-5-8-13/h3-12H,2H2,1H3,(H,20,22). The number of fused-ring (bicyclic) bond motifs is 1. The van der Waals surface area contributed by atoms with Gasteiger partial charge in [-0.3, -0.25) is 14.5 Å². The molecule has 0 saturated heterocycles. The topological polar surface area (TPSA) is 63.6 Å². The predicted octanol–water partition coefficient (Wildman–Crippen LogP) is 3.34. The molecule has 0 radical (unpaired) electrons. The zero-order valence-corrected chi connectivity index (χ0v) is 13.2. The highest BCUT2D eigenvalue weighted by molar-refractivity contribution is 5.93. The summed E-state index contributed by atoms with van der Waals surface area (Å²) in [6.07, 6.45) is 2.35. The average molecular weight is 316 g/mol. The minimum Gasteiger partial charge on any atom is -0.278 e. The lowest BCUT2D eigenvalue weighted by atomic mass is 10.1. The third kappa shape index (κ3) is 2.22. The van der Waals surface area contributed by atoms with Crippen molar-refractivity contribution in [2.24, 2.45) is 0 Å². The number of nitrogens with one attached hydrogen (secondary N) is 1. The lowest BCUT2D eigenvalue weighted by Gasteiger charge is -2.13. The number of aromatic nitrogens is 4. The lowest BCUT2D eigenvalue weighted by molar-refractivity contribution is 0.833. The van der Waals surface area contributed by atoms with E-state index < -0.39 is 0 Å². The van der Waals surface area contributed by atoms with Gasteiger partial charge in [0.05, 0.1) is 22.3 Å². The molecule has 0 bridgehead atoms. The van der Waals surface area contributed by atoms with Crippen LogP contribution in [0.1, 0.15) is 12.7 Å². The Morgan fingerprint density at radius 1 is 1.04 bits per heavy atom. The number of nitrogens with zero attached hydrogens (tertiary/aromatic N) is 3. The van der Waals surface area contributed by atoms with Gasteiger partial charge in [-0.15, -0.1) is 0 Å². The van der Waals surface area contributed by atoms with Crippen LogP contribution in [0.2, 0.25) is 0 Å². The highest BCUT2D eigenvalue weighted by atomic mass is 16.1. The van der Waals surface area contributed by atoms with Gasteiger partial charge in [0.25, 0.3) is 5.56 Å². The quantitative estimate of drug-likeness (QED) is 0.630. The summed E-state index contributed by atoms with van der Waals surface area (Å²) in [5, 5.41) is 7.53. The Hall–Kier alpha value is -3.21. The summed E-state index contributed by atoms with van der Waals surface area (Å²) in [6, 6.07) is 17.2. The van der Waals surface area contributed by atoms with Crippen LogP contribution in [0, 0.1) is 0 Å². The van der Waals surface area contributed by atoms with Gasteiger partial charge in [0.2, 0.25) is 0 Å². The molecule has 0 aliphatic heterocycles. The van der Waals surface area contributed by atoms with Crippen LogP contribution in [-0.2, 0) is 6.42 Å². The Morgan fingerprint density at radius 2 is 1.88 bits per heavy atom. The highest BCUT2D eigenvalue weighted by Crippen LogP contribution is 2.24. The minimum absolute atomic E-state index is 0.0618. The number of aryl methyl sites for hydroxylation is 1. The maximum Gasteiger partial charge on any atom is 0.266 e. The molecule has 0 amide bonds. The Morgan fingerprint density at radius 3 is 2.58 bits per heavy atom. The average Bonchev–Trinajstić information content (AvgIpc) is 3.16. The number of para-hydroxylation sites is 1. The second kappa shape index (κ2) is 5.77. The van der Waals surface area contributed by atoms with Crippen molar-refractivity contribution in [1.82, 2.24) is 19.7 Å². The third-order valence-corrected chi connectivity index (χ3v) is 4.09. The van der Waals surface area contributed by atoms with Crippen LogP contribution >= 0.6 is 0 Å². The zero-order chi connectivity index (χ0) is 16.5. The first-order valence-corrected chi connectivity index (χ1v) is 7.89. The smallest absolute Gasteiger partial charge is 0.266 e. The maximum atomic E-state index is 13.3. The fourth-order valence-electron chi connectivity index (χ4n) is 2.99. The van der Waals surface area contributed by atoms with Gasteiger partial charge in [0.15, 0.2) is 0 Å². The van der Waals surface area contributed by atoms with Crippen LogP contribution in [0.3, 0.4) is 0 Å². The normalized spacial score (nSPS) is 11.0. The number of aromatic amines is 1. The number of benzene rings is 2. The molecule has 2 heterocycles. The summed E-state index contributed by atoms with van der Waals surface area (Å²) >= 11 is 0. The molecule has 118 valence electrons. The molecule has 0 fully saturated rings. The molecule has 5 heteroatoms. The largest absolute Gasteiger partial charge is 0.278 e. The molecule has 24 heavy (non-hydrogen) atoms. The van der Waals surface area contributed by atoms with E-state index in [1.165, 1.54) is 0 Å². The Labute approximate surface area is 138 Å². The summed E-state index contributed by atoms with van der Waals surface area (Å²) in [4.78, 5) is 18.0. The molecular weight excluding hydrogens is 300 g/mol. The van der Waals surface area contributed by atoms with E-state index in [1.54, 1.807) is 10.8 Å². The van der Waals surface area contributed by atoms with Crippen LogP contribution in [0.5, 0.6) is 0 Å². The molecule has 0 aliphatic carbocycles. The van der Waals surface area contributed by atoms with Gasteiger partial charge < -0.3 is 0 Å². The van der Waals surface area contributed by atoms with Crippen molar-refractivity contribution in [2.75, 3.05) is 0 Å². The summed E-state index contributed by atoms with van der Waals surface area (Å²) in [5.41, 5.74) is 3.09. The summed E-state index contributed by atoms with van der Waals surface area (Å²) in [7, 11) is 0. The first kappa shape index (κ1) is 14.4. The van der Waals surface area contributed by atoms with Gasteiger partial charge in [-0.05, 0) is 24.3 Å². The monoisotopic (exact) mass is 316 g/mol. The molecule has 4 rings (SSSR count). The highest BCUT2D eigenvalue weighted by Gasteiger charge is 2.15. The van der Waals surface area contributed by atoms with Crippen LogP contribution in [0.25, 0.3) is 27.8 Å². The lowest BCUT2D eigenvalue weighted by Crippen LogP contribution is -2.24. The van der Waals surface area contributed by atoms with Crippen LogP contribution in [0.15, 0.2) is 65.6 Å². The van der Waals surface area contributed by atoms with Crippen molar-refractivity contribution in [1.29, 1.82) is 0 Å². The van der Waals surface area contributed by atoms with Gasteiger partial charge in [0.1, 0.15) is 5.82 Å². The van der Waals surface area contributed by atoms with Crippen LogP contribution in [-0.4, -0.2) is 19.7 Å². The molecule has 4 aromatic rings. The molecule has 0 atom stereocenters. The zero-order valence-electron chi connectivity index (χ0n) is 13.2.